The molecule has 2 heterocycles. The summed E-state index contributed by atoms with van der Waals surface area (Å²) in [6, 6.07) is 8.09. The van der Waals surface area contributed by atoms with Gasteiger partial charge in [-0.25, -0.2) is 4.98 Å². The first-order valence-electron chi connectivity index (χ1n) is 7.70. The van der Waals surface area contributed by atoms with E-state index in [1.807, 2.05) is 31.2 Å². The molecule has 2 aromatic rings. The molecule has 0 atom stereocenters. The molecule has 2 N–H and O–H groups in total. The van der Waals surface area contributed by atoms with E-state index >= 15 is 0 Å². The molecule has 0 radical (unpaired) electrons. The highest BCUT2D eigenvalue weighted by Gasteiger charge is 2.24. The van der Waals surface area contributed by atoms with Gasteiger partial charge in [0.2, 0.25) is 5.91 Å². The van der Waals surface area contributed by atoms with Gasteiger partial charge in [0.15, 0.2) is 0 Å². The highest BCUT2D eigenvalue weighted by molar-refractivity contribution is 5.78. The number of piperidine rings is 1. The van der Waals surface area contributed by atoms with E-state index in [1.165, 1.54) is 0 Å². The Morgan fingerprint density at radius 2 is 2.14 bits per heavy atom. The van der Waals surface area contributed by atoms with Crippen molar-refractivity contribution in [3.8, 4) is 0 Å². The molecule has 0 spiro atoms. The summed E-state index contributed by atoms with van der Waals surface area (Å²) in [5.41, 5.74) is 2.11. The zero-order chi connectivity index (χ0) is 14.7. The molecule has 1 aliphatic rings. The van der Waals surface area contributed by atoms with Crippen LogP contribution in [0.15, 0.2) is 24.3 Å². The molecule has 3 rings (SSSR count). The van der Waals surface area contributed by atoms with Gasteiger partial charge in [-0.05, 0) is 45.0 Å². The molecule has 1 fully saturated rings. The summed E-state index contributed by atoms with van der Waals surface area (Å²) in [5.74, 6) is 1.39. The lowest BCUT2D eigenvalue weighted by Crippen LogP contribution is -2.40. The van der Waals surface area contributed by atoms with Crippen LogP contribution >= 0.6 is 0 Å². The monoisotopic (exact) mass is 286 g/mol. The fourth-order valence-corrected chi connectivity index (χ4v) is 2.96. The van der Waals surface area contributed by atoms with Gasteiger partial charge >= 0.3 is 0 Å². The number of amides is 1. The van der Waals surface area contributed by atoms with E-state index in [9.17, 15) is 4.79 Å². The van der Waals surface area contributed by atoms with Gasteiger partial charge in [-0.1, -0.05) is 12.1 Å². The first-order chi connectivity index (χ1) is 10.3. The molecule has 0 unspecified atom stereocenters. The van der Waals surface area contributed by atoms with Crippen molar-refractivity contribution in [2.24, 2.45) is 5.92 Å². The number of likely N-dealkylation sites (tertiary alicyclic amines) is 1. The summed E-state index contributed by atoms with van der Waals surface area (Å²) in [6.07, 6.45) is 1.87. The van der Waals surface area contributed by atoms with E-state index < -0.39 is 0 Å². The molecular formula is C16H22N4O. The van der Waals surface area contributed by atoms with Crippen LogP contribution in [0.2, 0.25) is 0 Å². The van der Waals surface area contributed by atoms with E-state index in [-0.39, 0.29) is 11.8 Å². The average Bonchev–Trinajstić information content (AvgIpc) is 2.90. The van der Waals surface area contributed by atoms with Gasteiger partial charge in [0, 0.05) is 12.5 Å². The Hall–Kier alpha value is -1.88. The zero-order valence-electron chi connectivity index (χ0n) is 12.4. The Labute approximate surface area is 124 Å². The Balaban J connectivity index is 1.56. The maximum Gasteiger partial charge on any atom is 0.223 e. The molecule has 21 heavy (non-hydrogen) atoms. The number of nitrogens with one attached hydrogen (secondary N) is 2. The predicted molar refractivity (Wildman–Crippen MR) is 82.8 cm³/mol. The van der Waals surface area contributed by atoms with E-state index in [0.29, 0.717) is 0 Å². The molecule has 0 bridgehead atoms. The molecule has 1 saturated heterocycles. The van der Waals surface area contributed by atoms with Gasteiger partial charge in [0.1, 0.15) is 5.82 Å². The number of benzene rings is 1. The molecule has 1 aromatic heterocycles. The normalized spacial score (nSPS) is 17.2. The second-order valence-corrected chi connectivity index (χ2v) is 5.65. The van der Waals surface area contributed by atoms with Gasteiger partial charge in [0.25, 0.3) is 0 Å². The number of imidazole rings is 1. The van der Waals surface area contributed by atoms with Crippen molar-refractivity contribution >= 4 is 16.9 Å². The first-order valence-corrected chi connectivity index (χ1v) is 7.70. The summed E-state index contributed by atoms with van der Waals surface area (Å²) in [4.78, 5) is 22.2. The van der Waals surface area contributed by atoms with Gasteiger partial charge in [-0.3, -0.25) is 9.69 Å². The number of para-hydroxylation sites is 2. The van der Waals surface area contributed by atoms with Crippen LogP contribution in [-0.4, -0.2) is 40.4 Å². The maximum absolute atomic E-state index is 11.8. The Bertz CT molecular complexity index is 581. The molecular weight excluding hydrogens is 264 g/mol. The molecule has 1 aliphatic heterocycles. The van der Waals surface area contributed by atoms with Gasteiger partial charge in [-0.15, -0.1) is 0 Å². The van der Waals surface area contributed by atoms with Crippen molar-refractivity contribution < 1.29 is 4.79 Å². The molecule has 5 nitrogen and oxygen atoms in total. The third-order valence-electron chi connectivity index (χ3n) is 4.12. The SMILES string of the molecule is CCNC(=O)C1CCN(Cc2nc3ccccc3[nH]2)CC1. The largest absolute Gasteiger partial charge is 0.356 e. The Morgan fingerprint density at radius 3 is 2.86 bits per heavy atom. The van der Waals surface area contributed by atoms with Crippen molar-refractivity contribution in [3.63, 3.8) is 0 Å². The quantitative estimate of drug-likeness (QED) is 0.902. The molecule has 0 saturated carbocycles. The topological polar surface area (TPSA) is 61.0 Å². The van der Waals surface area contributed by atoms with Crippen LogP contribution in [-0.2, 0) is 11.3 Å². The van der Waals surface area contributed by atoms with Gasteiger partial charge in [-0.2, -0.15) is 0 Å². The fourth-order valence-electron chi connectivity index (χ4n) is 2.96. The van der Waals surface area contributed by atoms with Crippen LogP contribution in [0.1, 0.15) is 25.6 Å². The van der Waals surface area contributed by atoms with Crippen molar-refractivity contribution in [2.45, 2.75) is 26.3 Å². The van der Waals surface area contributed by atoms with Crippen LogP contribution in [0.5, 0.6) is 0 Å². The number of nitrogens with zero attached hydrogens (tertiary/aromatic N) is 2. The van der Waals surface area contributed by atoms with Gasteiger partial charge in [0.05, 0.1) is 17.6 Å². The lowest BCUT2D eigenvalue weighted by molar-refractivity contribution is -0.126. The third-order valence-corrected chi connectivity index (χ3v) is 4.12. The Morgan fingerprint density at radius 1 is 1.38 bits per heavy atom. The number of carbonyl (C=O) groups is 1. The minimum Gasteiger partial charge on any atom is -0.356 e. The Kier molecular flexibility index (Phi) is 4.20. The lowest BCUT2D eigenvalue weighted by Gasteiger charge is -2.30. The van der Waals surface area contributed by atoms with Crippen LogP contribution < -0.4 is 5.32 Å². The number of fused-ring (bicyclic) bond motifs is 1. The predicted octanol–water partition coefficient (Wildman–Crippen LogP) is 1.91. The van der Waals surface area contributed by atoms with E-state index in [2.05, 4.69) is 20.2 Å². The smallest absolute Gasteiger partial charge is 0.223 e. The second kappa shape index (κ2) is 6.26. The number of carbonyl (C=O) groups excluding carboxylic acids is 1. The third kappa shape index (κ3) is 3.24. The van der Waals surface area contributed by atoms with E-state index in [4.69, 9.17) is 0 Å². The van der Waals surface area contributed by atoms with Crippen molar-refractivity contribution in [3.05, 3.63) is 30.1 Å². The molecule has 5 heteroatoms. The van der Waals surface area contributed by atoms with E-state index in [1.54, 1.807) is 0 Å². The minimum atomic E-state index is 0.178. The number of H-pyrrole nitrogens is 1. The summed E-state index contributed by atoms with van der Waals surface area (Å²) in [7, 11) is 0. The molecule has 1 amide bonds. The highest BCUT2D eigenvalue weighted by atomic mass is 16.1. The minimum absolute atomic E-state index is 0.178. The van der Waals surface area contributed by atoms with Crippen molar-refractivity contribution in [2.75, 3.05) is 19.6 Å². The number of aromatic amines is 1. The summed E-state index contributed by atoms with van der Waals surface area (Å²) < 4.78 is 0. The number of hydrogen-bond donors (Lipinski definition) is 2. The summed E-state index contributed by atoms with van der Waals surface area (Å²) in [6.45, 7) is 5.43. The van der Waals surface area contributed by atoms with Crippen LogP contribution in [0, 0.1) is 5.92 Å². The van der Waals surface area contributed by atoms with Gasteiger partial charge < -0.3 is 10.3 Å². The first kappa shape index (κ1) is 14.1. The van der Waals surface area contributed by atoms with Crippen LogP contribution in [0.3, 0.4) is 0 Å². The second-order valence-electron chi connectivity index (χ2n) is 5.65. The number of rotatable bonds is 4. The van der Waals surface area contributed by atoms with Crippen LogP contribution in [0.25, 0.3) is 11.0 Å². The zero-order valence-corrected chi connectivity index (χ0v) is 12.4. The fraction of sp³-hybridized carbons (Fsp3) is 0.500. The number of hydrogen-bond acceptors (Lipinski definition) is 3. The standard InChI is InChI=1S/C16H22N4O/c1-2-17-16(21)12-7-9-20(10-8-12)11-15-18-13-5-3-4-6-14(13)19-15/h3-6,12H,2,7-11H2,1H3,(H,17,21)(H,18,19). The lowest BCUT2D eigenvalue weighted by atomic mass is 9.96. The van der Waals surface area contributed by atoms with E-state index in [0.717, 1.165) is 55.9 Å². The summed E-state index contributed by atoms with van der Waals surface area (Å²) in [5, 5.41) is 2.92. The van der Waals surface area contributed by atoms with Crippen LogP contribution in [0.4, 0.5) is 0 Å². The van der Waals surface area contributed by atoms with Crippen molar-refractivity contribution in [1.29, 1.82) is 0 Å². The molecule has 1 aromatic carbocycles. The number of aromatic nitrogens is 2. The maximum atomic E-state index is 11.8. The summed E-state index contributed by atoms with van der Waals surface area (Å²) >= 11 is 0. The molecule has 0 aliphatic carbocycles. The average molecular weight is 286 g/mol. The molecule has 112 valence electrons. The van der Waals surface area contributed by atoms with Crippen molar-refractivity contribution in [1.82, 2.24) is 20.2 Å². The highest BCUT2D eigenvalue weighted by Crippen LogP contribution is 2.19.